The molecule has 0 bridgehead atoms. The number of rotatable bonds is 3. The molecule has 0 unspecified atom stereocenters. The summed E-state index contributed by atoms with van der Waals surface area (Å²) in [6, 6.07) is 5.70. The fraction of sp³-hybridized carbons (Fsp3) is 0.533. The van der Waals surface area contributed by atoms with Gasteiger partial charge in [0.2, 0.25) is 0 Å². The Morgan fingerprint density at radius 3 is 2.32 bits per heavy atom. The van der Waals surface area contributed by atoms with E-state index in [0.717, 1.165) is 21.1 Å². The average molecular weight is 389 g/mol. The fourth-order valence-electron chi connectivity index (χ4n) is 2.74. The highest BCUT2D eigenvalue weighted by molar-refractivity contribution is 9.11. The molecule has 1 aromatic rings. The number of hydrogen-bond acceptors (Lipinski definition) is 1. The van der Waals surface area contributed by atoms with Crippen LogP contribution in [-0.4, -0.2) is 24.4 Å². The molecule has 0 aliphatic heterocycles. The highest BCUT2D eigenvalue weighted by atomic mass is 79.9. The highest BCUT2D eigenvalue weighted by Crippen LogP contribution is 2.25. The molecule has 0 aromatic heterocycles. The molecule has 1 fully saturated rings. The third kappa shape index (κ3) is 4.32. The molecule has 1 aromatic carbocycles. The van der Waals surface area contributed by atoms with Crippen LogP contribution in [0.2, 0.25) is 0 Å². The molecular formula is C15H19Br2NO. The Kier molecular flexibility index (Phi) is 5.46. The smallest absolute Gasteiger partial charge is 0.253 e. The van der Waals surface area contributed by atoms with E-state index in [9.17, 15) is 4.79 Å². The maximum atomic E-state index is 12.4. The van der Waals surface area contributed by atoms with Gasteiger partial charge in [-0.1, -0.05) is 51.1 Å². The number of halogens is 2. The van der Waals surface area contributed by atoms with Crippen molar-refractivity contribution in [2.24, 2.45) is 5.92 Å². The summed E-state index contributed by atoms with van der Waals surface area (Å²) in [6.45, 7) is 0.878. The van der Waals surface area contributed by atoms with Gasteiger partial charge in [-0.3, -0.25) is 4.79 Å². The van der Waals surface area contributed by atoms with Crippen molar-refractivity contribution in [3.05, 3.63) is 32.7 Å². The Hall–Kier alpha value is -0.350. The van der Waals surface area contributed by atoms with Crippen LogP contribution in [-0.2, 0) is 0 Å². The van der Waals surface area contributed by atoms with Crippen LogP contribution in [0, 0.1) is 5.92 Å². The zero-order chi connectivity index (χ0) is 13.8. The van der Waals surface area contributed by atoms with Crippen LogP contribution in [0.4, 0.5) is 0 Å². The number of carbonyl (C=O) groups excluding carboxylic acids is 1. The van der Waals surface area contributed by atoms with E-state index in [4.69, 9.17) is 0 Å². The molecule has 0 N–H and O–H groups in total. The molecule has 0 heterocycles. The van der Waals surface area contributed by atoms with Crippen molar-refractivity contribution in [3.63, 3.8) is 0 Å². The van der Waals surface area contributed by atoms with Crippen LogP contribution in [0.1, 0.15) is 42.5 Å². The normalized spacial score (nSPS) is 16.4. The third-order valence-corrected chi connectivity index (χ3v) is 4.63. The first-order chi connectivity index (χ1) is 9.06. The lowest BCUT2D eigenvalue weighted by atomic mass is 9.89. The molecule has 0 saturated heterocycles. The van der Waals surface area contributed by atoms with Gasteiger partial charge in [0.25, 0.3) is 5.91 Å². The molecule has 1 saturated carbocycles. The van der Waals surface area contributed by atoms with Crippen molar-refractivity contribution in [1.82, 2.24) is 4.90 Å². The summed E-state index contributed by atoms with van der Waals surface area (Å²) in [5, 5.41) is 0. The molecule has 2 rings (SSSR count). The molecule has 2 nitrogen and oxygen atoms in total. The highest BCUT2D eigenvalue weighted by Gasteiger charge is 2.19. The standard InChI is InChI=1S/C15H19Br2NO/c1-18(10-11-5-3-2-4-6-11)15(19)12-7-13(16)9-14(17)8-12/h7-9,11H,2-6,10H2,1H3. The van der Waals surface area contributed by atoms with Gasteiger partial charge >= 0.3 is 0 Å². The second-order valence-electron chi connectivity index (χ2n) is 5.35. The molecule has 4 heteroatoms. The quantitative estimate of drug-likeness (QED) is 0.723. The van der Waals surface area contributed by atoms with E-state index in [1.54, 1.807) is 0 Å². The second-order valence-corrected chi connectivity index (χ2v) is 7.18. The molecule has 0 atom stereocenters. The fourth-order valence-corrected chi connectivity index (χ4v) is 4.03. The summed E-state index contributed by atoms with van der Waals surface area (Å²) in [5.74, 6) is 0.783. The Balaban J connectivity index is 2.01. The zero-order valence-electron chi connectivity index (χ0n) is 11.2. The molecule has 1 amide bonds. The molecule has 19 heavy (non-hydrogen) atoms. The molecule has 0 spiro atoms. The van der Waals surface area contributed by atoms with Crippen LogP contribution in [0.5, 0.6) is 0 Å². The van der Waals surface area contributed by atoms with Gasteiger partial charge < -0.3 is 4.90 Å². The van der Waals surface area contributed by atoms with Gasteiger partial charge in [0.05, 0.1) is 0 Å². The zero-order valence-corrected chi connectivity index (χ0v) is 14.3. The predicted molar refractivity (Wildman–Crippen MR) is 85.4 cm³/mol. The number of nitrogens with zero attached hydrogens (tertiary/aromatic N) is 1. The summed E-state index contributed by atoms with van der Waals surface area (Å²) in [7, 11) is 1.91. The third-order valence-electron chi connectivity index (χ3n) is 3.71. The average Bonchev–Trinajstić information content (AvgIpc) is 2.37. The van der Waals surface area contributed by atoms with Crippen LogP contribution >= 0.6 is 31.9 Å². The number of amides is 1. The maximum Gasteiger partial charge on any atom is 0.253 e. The van der Waals surface area contributed by atoms with E-state index in [1.807, 2.05) is 30.1 Å². The van der Waals surface area contributed by atoms with Crippen LogP contribution in [0.3, 0.4) is 0 Å². The molecular weight excluding hydrogens is 370 g/mol. The van der Waals surface area contributed by atoms with Crippen LogP contribution in [0.25, 0.3) is 0 Å². The number of benzene rings is 1. The number of carbonyl (C=O) groups is 1. The van der Waals surface area contributed by atoms with Crippen molar-refractivity contribution in [2.75, 3.05) is 13.6 Å². The first kappa shape index (κ1) is 15.0. The minimum absolute atomic E-state index is 0.104. The van der Waals surface area contributed by atoms with E-state index < -0.39 is 0 Å². The Labute approximate surface area is 131 Å². The van der Waals surface area contributed by atoms with Crippen molar-refractivity contribution in [3.8, 4) is 0 Å². The predicted octanol–water partition coefficient (Wildman–Crippen LogP) is 4.86. The Bertz CT molecular complexity index is 435. The minimum Gasteiger partial charge on any atom is -0.341 e. The topological polar surface area (TPSA) is 20.3 Å². The SMILES string of the molecule is CN(CC1CCCCC1)C(=O)c1cc(Br)cc(Br)c1. The number of hydrogen-bond donors (Lipinski definition) is 0. The molecule has 0 radical (unpaired) electrons. The van der Waals surface area contributed by atoms with E-state index in [-0.39, 0.29) is 5.91 Å². The van der Waals surface area contributed by atoms with Crippen molar-refractivity contribution in [2.45, 2.75) is 32.1 Å². The lowest BCUT2D eigenvalue weighted by molar-refractivity contribution is 0.0760. The molecule has 1 aliphatic rings. The van der Waals surface area contributed by atoms with Gasteiger partial charge in [-0.25, -0.2) is 0 Å². The van der Waals surface area contributed by atoms with Gasteiger partial charge in [-0.2, -0.15) is 0 Å². The van der Waals surface area contributed by atoms with Gasteiger partial charge in [0.15, 0.2) is 0 Å². The van der Waals surface area contributed by atoms with E-state index >= 15 is 0 Å². The maximum absolute atomic E-state index is 12.4. The van der Waals surface area contributed by atoms with Gasteiger partial charge in [0, 0.05) is 28.1 Å². The second kappa shape index (κ2) is 6.89. The largest absolute Gasteiger partial charge is 0.341 e. The van der Waals surface area contributed by atoms with E-state index in [2.05, 4.69) is 31.9 Å². The van der Waals surface area contributed by atoms with E-state index in [1.165, 1.54) is 32.1 Å². The lowest BCUT2D eigenvalue weighted by Gasteiger charge is -2.27. The van der Waals surface area contributed by atoms with E-state index in [0.29, 0.717) is 5.92 Å². The summed E-state index contributed by atoms with van der Waals surface area (Å²) in [5.41, 5.74) is 0.736. The first-order valence-electron chi connectivity index (χ1n) is 6.78. The van der Waals surface area contributed by atoms with Gasteiger partial charge in [-0.15, -0.1) is 0 Å². The summed E-state index contributed by atoms with van der Waals surface area (Å²) in [6.07, 6.45) is 6.51. The lowest BCUT2D eigenvalue weighted by Crippen LogP contribution is -2.32. The summed E-state index contributed by atoms with van der Waals surface area (Å²) in [4.78, 5) is 14.3. The summed E-state index contributed by atoms with van der Waals surface area (Å²) < 4.78 is 1.85. The minimum atomic E-state index is 0.104. The Morgan fingerprint density at radius 1 is 1.16 bits per heavy atom. The van der Waals surface area contributed by atoms with Gasteiger partial charge in [0.1, 0.15) is 0 Å². The Morgan fingerprint density at radius 2 is 1.74 bits per heavy atom. The molecule has 1 aliphatic carbocycles. The van der Waals surface area contributed by atoms with Crippen molar-refractivity contribution >= 4 is 37.8 Å². The van der Waals surface area contributed by atoms with Crippen LogP contribution in [0.15, 0.2) is 27.1 Å². The van der Waals surface area contributed by atoms with Crippen molar-refractivity contribution < 1.29 is 4.79 Å². The molecule has 104 valence electrons. The first-order valence-corrected chi connectivity index (χ1v) is 8.36. The monoisotopic (exact) mass is 387 g/mol. The summed E-state index contributed by atoms with van der Waals surface area (Å²) >= 11 is 6.86. The van der Waals surface area contributed by atoms with Crippen molar-refractivity contribution in [1.29, 1.82) is 0 Å². The van der Waals surface area contributed by atoms with Crippen LogP contribution < -0.4 is 0 Å². The van der Waals surface area contributed by atoms with Gasteiger partial charge in [-0.05, 0) is 37.0 Å².